The second-order valence-electron chi connectivity index (χ2n) is 4.24. The smallest absolute Gasteiger partial charge is 0.418 e. The molecule has 1 atom stereocenters. The predicted molar refractivity (Wildman–Crippen MR) is 51.5 cm³/mol. The Hall–Kier alpha value is -0.900. The summed E-state index contributed by atoms with van der Waals surface area (Å²) < 4.78 is 4.71. The first kappa shape index (κ1) is 11.2. The Morgan fingerprint density at radius 1 is 1.64 bits per heavy atom. The van der Waals surface area contributed by atoms with E-state index in [1.165, 1.54) is 6.47 Å². The summed E-state index contributed by atoms with van der Waals surface area (Å²) in [5.41, 5.74) is -0.733. The highest BCUT2D eigenvalue weighted by atomic mass is 16.5. The first-order chi connectivity index (χ1) is 6.55. The number of hydrogen-bond acceptors (Lipinski definition) is 4. The Morgan fingerprint density at radius 2 is 2.36 bits per heavy atom. The molecule has 1 saturated heterocycles. The fourth-order valence-corrected chi connectivity index (χ4v) is 1.65. The Balaban J connectivity index is 2.42. The van der Waals surface area contributed by atoms with Gasteiger partial charge in [-0.05, 0) is 33.2 Å². The van der Waals surface area contributed by atoms with Crippen LogP contribution in [0.4, 0.5) is 0 Å². The molecule has 0 aromatic heterocycles. The molecule has 0 bridgehead atoms. The van der Waals surface area contributed by atoms with E-state index in [2.05, 4.69) is 5.32 Å². The van der Waals surface area contributed by atoms with Gasteiger partial charge in [-0.25, -0.2) is 4.79 Å². The summed E-state index contributed by atoms with van der Waals surface area (Å²) in [7, 11) is 0. The molecule has 4 nitrogen and oxygen atoms in total. The van der Waals surface area contributed by atoms with Gasteiger partial charge in [0.2, 0.25) is 0 Å². The summed E-state index contributed by atoms with van der Waals surface area (Å²) in [5, 5.41) is 3.12. The normalized spacial score (nSPS) is 22.0. The summed E-state index contributed by atoms with van der Waals surface area (Å²) in [5.74, 6) is 0.114. The van der Waals surface area contributed by atoms with Crippen LogP contribution in [0.2, 0.25) is 0 Å². The van der Waals surface area contributed by atoms with Crippen LogP contribution < -0.4 is 5.32 Å². The van der Waals surface area contributed by atoms with E-state index in [0.717, 1.165) is 19.4 Å². The van der Waals surface area contributed by atoms with Crippen LogP contribution in [-0.2, 0) is 14.3 Å². The first-order valence-corrected chi connectivity index (χ1v) is 4.86. The number of carbonyl (C=O) groups is 1. The second kappa shape index (κ2) is 4.55. The van der Waals surface area contributed by atoms with E-state index in [1.54, 1.807) is 13.8 Å². The van der Waals surface area contributed by atoms with Crippen molar-refractivity contribution in [3.05, 3.63) is 0 Å². The predicted octanol–water partition coefficient (Wildman–Crippen LogP) is 0.560. The number of carbonyl (C=O) groups excluding carboxylic acids is 2. The molecule has 79 valence electrons. The molecule has 0 spiro atoms. The van der Waals surface area contributed by atoms with Crippen molar-refractivity contribution in [2.45, 2.75) is 44.8 Å². The molecule has 1 aliphatic heterocycles. The van der Waals surface area contributed by atoms with Gasteiger partial charge in [-0.2, -0.15) is 0 Å². The van der Waals surface area contributed by atoms with Crippen molar-refractivity contribution < 1.29 is 14.3 Å². The maximum Gasteiger partial charge on any atom is 0.418 e. The van der Waals surface area contributed by atoms with E-state index in [4.69, 9.17) is 4.74 Å². The molecule has 1 aliphatic rings. The minimum Gasteiger partial charge on any atom is -0.451 e. The van der Waals surface area contributed by atoms with Crippen LogP contribution in [0.15, 0.2) is 0 Å². The van der Waals surface area contributed by atoms with Crippen LogP contribution >= 0.6 is 0 Å². The van der Waals surface area contributed by atoms with E-state index in [9.17, 15) is 9.59 Å². The van der Waals surface area contributed by atoms with Crippen LogP contribution in [0.5, 0.6) is 0 Å². The van der Waals surface area contributed by atoms with Gasteiger partial charge < -0.3 is 10.1 Å². The van der Waals surface area contributed by atoms with Crippen molar-refractivity contribution in [1.29, 1.82) is 0 Å². The number of nitrogens with one attached hydrogen (secondary N) is 1. The zero-order valence-electron chi connectivity index (χ0n) is 8.63. The molecule has 1 fully saturated rings. The van der Waals surface area contributed by atoms with Gasteiger partial charge in [0.05, 0.1) is 6.04 Å². The third-order valence-corrected chi connectivity index (χ3v) is 2.37. The van der Waals surface area contributed by atoms with Crippen molar-refractivity contribution in [3.8, 4) is 0 Å². The molecule has 0 amide bonds. The van der Waals surface area contributed by atoms with E-state index in [-0.39, 0.29) is 18.2 Å². The maximum atomic E-state index is 11.7. The SMILES string of the molecule is CC(C)(CC(=O)[C@@H]1CCCN1)O[C]=O. The fourth-order valence-electron chi connectivity index (χ4n) is 1.65. The van der Waals surface area contributed by atoms with Crippen LogP contribution in [0.25, 0.3) is 0 Å². The van der Waals surface area contributed by atoms with Crippen molar-refractivity contribution in [1.82, 2.24) is 5.32 Å². The number of ether oxygens (including phenoxy) is 1. The average molecular weight is 198 g/mol. The lowest BCUT2D eigenvalue weighted by Gasteiger charge is -2.22. The van der Waals surface area contributed by atoms with Crippen molar-refractivity contribution in [2.75, 3.05) is 6.54 Å². The highest BCUT2D eigenvalue weighted by Gasteiger charge is 2.29. The number of hydrogen-bond donors (Lipinski definition) is 1. The summed E-state index contributed by atoms with van der Waals surface area (Å²) in [6.07, 6.45) is 2.18. The van der Waals surface area contributed by atoms with Crippen LogP contribution in [0.1, 0.15) is 33.1 Å². The average Bonchev–Trinajstić information content (AvgIpc) is 2.53. The van der Waals surface area contributed by atoms with E-state index in [0.29, 0.717) is 0 Å². The Morgan fingerprint density at radius 3 is 2.86 bits per heavy atom. The van der Waals surface area contributed by atoms with Gasteiger partial charge in [0.15, 0.2) is 5.78 Å². The lowest BCUT2D eigenvalue weighted by molar-refractivity contribution is -0.124. The molecule has 1 heterocycles. The molecule has 14 heavy (non-hydrogen) atoms. The monoisotopic (exact) mass is 198 g/mol. The van der Waals surface area contributed by atoms with Gasteiger partial charge in [-0.3, -0.25) is 4.79 Å². The molecule has 0 unspecified atom stereocenters. The van der Waals surface area contributed by atoms with Crippen LogP contribution in [-0.4, -0.2) is 30.4 Å². The topological polar surface area (TPSA) is 55.4 Å². The summed E-state index contributed by atoms with van der Waals surface area (Å²) in [6, 6.07) is -0.0514. The third-order valence-electron chi connectivity index (χ3n) is 2.37. The lowest BCUT2D eigenvalue weighted by atomic mass is 9.97. The van der Waals surface area contributed by atoms with E-state index in [1.807, 2.05) is 0 Å². The van der Waals surface area contributed by atoms with E-state index < -0.39 is 5.60 Å². The van der Waals surface area contributed by atoms with Gasteiger partial charge in [0.25, 0.3) is 0 Å². The lowest BCUT2D eigenvalue weighted by Crippen LogP contribution is -2.37. The van der Waals surface area contributed by atoms with Gasteiger partial charge in [-0.1, -0.05) is 0 Å². The van der Waals surface area contributed by atoms with Crippen molar-refractivity contribution in [3.63, 3.8) is 0 Å². The third kappa shape index (κ3) is 3.10. The Bertz CT molecular complexity index is 219. The first-order valence-electron chi connectivity index (χ1n) is 4.86. The van der Waals surface area contributed by atoms with Gasteiger partial charge >= 0.3 is 6.47 Å². The summed E-state index contributed by atoms with van der Waals surface area (Å²) in [4.78, 5) is 21.7. The Labute approximate surface area is 84.0 Å². The highest BCUT2D eigenvalue weighted by molar-refractivity contribution is 5.85. The van der Waals surface area contributed by atoms with Gasteiger partial charge in [-0.15, -0.1) is 0 Å². The van der Waals surface area contributed by atoms with Crippen molar-refractivity contribution in [2.24, 2.45) is 0 Å². The zero-order valence-corrected chi connectivity index (χ0v) is 8.63. The molecule has 4 heteroatoms. The maximum absolute atomic E-state index is 11.7. The standard InChI is InChI=1S/C10H16NO3/c1-10(2,14-7-12)6-9(13)8-4-3-5-11-8/h8,11H,3-6H2,1-2H3/t8-/m0/s1. The molecular weight excluding hydrogens is 182 g/mol. The molecule has 0 aliphatic carbocycles. The number of rotatable bonds is 5. The van der Waals surface area contributed by atoms with Gasteiger partial charge in [0, 0.05) is 6.42 Å². The molecule has 0 aromatic rings. The second-order valence-corrected chi connectivity index (χ2v) is 4.24. The van der Waals surface area contributed by atoms with Crippen LogP contribution in [0.3, 0.4) is 0 Å². The number of ketones is 1. The molecular formula is C10H16NO3. The molecule has 1 radical (unpaired) electrons. The molecule has 0 aromatic carbocycles. The molecule has 1 rings (SSSR count). The number of Topliss-reactive ketones (excluding diaryl/α,β-unsaturated/α-hetero) is 1. The summed E-state index contributed by atoms with van der Waals surface area (Å²) >= 11 is 0. The van der Waals surface area contributed by atoms with Crippen molar-refractivity contribution >= 4 is 12.3 Å². The fraction of sp³-hybridized carbons (Fsp3) is 0.800. The minimum absolute atomic E-state index is 0.0514. The van der Waals surface area contributed by atoms with Gasteiger partial charge in [0.1, 0.15) is 5.60 Å². The summed E-state index contributed by atoms with van der Waals surface area (Å²) in [6.45, 7) is 5.71. The Kier molecular flexibility index (Phi) is 3.63. The van der Waals surface area contributed by atoms with Crippen LogP contribution in [0, 0.1) is 0 Å². The zero-order chi connectivity index (χ0) is 10.6. The molecule has 1 N–H and O–H groups in total. The minimum atomic E-state index is -0.733. The highest BCUT2D eigenvalue weighted by Crippen LogP contribution is 2.17. The largest absolute Gasteiger partial charge is 0.451 e. The molecule has 0 saturated carbocycles. The van der Waals surface area contributed by atoms with E-state index >= 15 is 0 Å². The quantitative estimate of drug-likeness (QED) is 0.701.